The molecule has 2 rings (SSSR count). The van der Waals surface area contributed by atoms with Crippen LogP contribution in [0.1, 0.15) is 12.5 Å². The maximum absolute atomic E-state index is 13.5. The van der Waals surface area contributed by atoms with Gasteiger partial charge in [0.15, 0.2) is 8.68 Å². The van der Waals surface area contributed by atoms with Crippen molar-refractivity contribution in [1.29, 1.82) is 0 Å². The highest BCUT2D eigenvalue weighted by molar-refractivity contribution is 8.02. The molecule has 0 bridgehead atoms. The number of hydrogen-bond donors (Lipinski definition) is 0. The maximum atomic E-state index is 13.5. The van der Waals surface area contributed by atoms with E-state index in [9.17, 15) is 4.39 Å². The van der Waals surface area contributed by atoms with Crippen LogP contribution in [0.4, 0.5) is 4.39 Å². The molecule has 0 aliphatic rings. The van der Waals surface area contributed by atoms with Crippen molar-refractivity contribution < 1.29 is 4.39 Å². The van der Waals surface area contributed by atoms with E-state index < -0.39 is 0 Å². The third-order valence-electron chi connectivity index (χ3n) is 2.06. The van der Waals surface area contributed by atoms with Gasteiger partial charge in [-0.1, -0.05) is 59.5 Å². The molecule has 0 N–H and O–H groups in total. The Balaban J connectivity index is 2.02. The number of halogens is 2. The van der Waals surface area contributed by atoms with Crippen molar-refractivity contribution in [3.8, 4) is 0 Å². The molecule has 1 heterocycles. The molecule has 2 nitrogen and oxygen atoms in total. The van der Waals surface area contributed by atoms with E-state index in [1.54, 1.807) is 23.9 Å². The summed E-state index contributed by atoms with van der Waals surface area (Å²) in [6.07, 6.45) is 0. The maximum Gasteiger partial charge on any atom is 0.175 e. The van der Waals surface area contributed by atoms with Crippen LogP contribution in [-0.4, -0.2) is 16.0 Å². The van der Waals surface area contributed by atoms with Crippen LogP contribution in [0.5, 0.6) is 0 Å². The van der Waals surface area contributed by atoms with Crippen molar-refractivity contribution in [2.45, 2.75) is 21.4 Å². The fourth-order valence-electron chi connectivity index (χ4n) is 1.24. The number of nitrogens with zero attached hydrogens (tertiary/aromatic N) is 2. The molecule has 0 saturated carbocycles. The van der Waals surface area contributed by atoms with Crippen LogP contribution in [0, 0.1) is 5.82 Å². The predicted octanol–water partition coefficient (Wildman–Crippen LogP) is 4.73. The molecule has 0 saturated heterocycles. The van der Waals surface area contributed by atoms with Gasteiger partial charge in [-0.25, -0.2) is 4.39 Å². The summed E-state index contributed by atoms with van der Waals surface area (Å²) in [6, 6.07) is 4.71. The van der Waals surface area contributed by atoms with E-state index in [1.807, 2.05) is 0 Å². The van der Waals surface area contributed by atoms with Crippen LogP contribution >= 0.6 is 46.5 Å². The number of hydrogen-bond acceptors (Lipinski definition) is 5. The molecule has 1 aromatic carbocycles. The average Bonchev–Trinajstić information content (AvgIpc) is 2.77. The van der Waals surface area contributed by atoms with E-state index in [2.05, 4.69) is 17.1 Å². The smallest absolute Gasteiger partial charge is 0.175 e. The SMILES string of the molecule is CCSc1nnc(SCc2c(F)cccc2Cl)s1. The highest BCUT2D eigenvalue weighted by atomic mass is 35.5. The van der Waals surface area contributed by atoms with E-state index in [1.165, 1.54) is 29.2 Å². The highest BCUT2D eigenvalue weighted by Crippen LogP contribution is 2.32. The molecule has 7 heteroatoms. The van der Waals surface area contributed by atoms with Gasteiger partial charge >= 0.3 is 0 Å². The summed E-state index contributed by atoms with van der Waals surface area (Å²) in [5.41, 5.74) is 0.518. The average molecular weight is 321 g/mol. The Labute approximate surface area is 122 Å². The fraction of sp³-hybridized carbons (Fsp3) is 0.273. The van der Waals surface area contributed by atoms with Crippen LogP contribution < -0.4 is 0 Å². The molecule has 0 amide bonds. The molecular weight excluding hydrogens is 311 g/mol. The molecule has 0 fully saturated rings. The minimum Gasteiger partial charge on any atom is -0.207 e. The first kappa shape index (κ1) is 14.1. The molecular formula is C11H10ClFN2S3. The van der Waals surface area contributed by atoms with Gasteiger partial charge in [-0.2, -0.15) is 0 Å². The number of aromatic nitrogens is 2. The Morgan fingerprint density at radius 2 is 2.00 bits per heavy atom. The van der Waals surface area contributed by atoms with E-state index in [-0.39, 0.29) is 5.82 Å². The zero-order valence-electron chi connectivity index (χ0n) is 9.52. The van der Waals surface area contributed by atoms with Crippen LogP contribution in [0.25, 0.3) is 0 Å². The van der Waals surface area contributed by atoms with Gasteiger partial charge in [-0.3, -0.25) is 0 Å². The second-order valence-corrected chi connectivity index (χ2v) is 7.37. The van der Waals surface area contributed by atoms with Crippen molar-refractivity contribution in [3.63, 3.8) is 0 Å². The molecule has 0 atom stereocenters. The minimum absolute atomic E-state index is 0.275. The third-order valence-corrected chi connectivity index (χ3v) is 5.51. The lowest BCUT2D eigenvalue weighted by molar-refractivity contribution is 0.617. The van der Waals surface area contributed by atoms with E-state index in [0.29, 0.717) is 16.3 Å². The second kappa shape index (κ2) is 6.75. The van der Waals surface area contributed by atoms with Gasteiger partial charge < -0.3 is 0 Å². The predicted molar refractivity (Wildman–Crippen MR) is 77.3 cm³/mol. The Morgan fingerprint density at radius 1 is 1.28 bits per heavy atom. The summed E-state index contributed by atoms with van der Waals surface area (Å²) in [5, 5.41) is 8.56. The molecule has 2 aromatic rings. The van der Waals surface area contributed by atoms with Crippen LogP contribution in [0.15, 0.2) is 26.9 Å². The van der Waals surface area contributed by atoms with Gasteiger partial charge in [-0.15, -0.1) is 10.2 Å². The molecule has 18 heavy (non-hydrogen) atoms. The van der Waals surface area contributed by atoms with Gasteiger partial charge in [-0.05, 0) is 17.9 Å². The second-order valence-electron chi connectivity index (χ2n) is 3.26. The van der Waals surface area contributed by atoms with E-state index in [0.717, 1.165) is 14.4 Å². The molecule has 0 aliphatic carbocycles. The molecule has 0 unspecified atom stereocenters. The van der Waals surface area contributed by atoms with Crippen molar-refractivity contribution in [1.82, 2.24) is 10.2 Å². The summed E-state index contributed by atoms with van der Waals surface area (Å²) in [6.45, 7) is 2.07. The molecule has 0 spiro atoms. The Kier molecular flexibility index (Phi) is 5.29. The summed E-state index contributed by atoms with van der Waals surface area (Å²) < 4.78 is 15.3. The zero-order chi connectivity index (χ0) is 13.0. The van der Waals surface area contributed by atoms with E-state index >= 15 is 0 Å². The molecule has 0 radical (unpaired) electrons. The van der Waals surface area contributed by atoms with Crippen LogP contribution in [-0.2, 0) is 5.75 Å². The Bertz CT molecular complexity index is 513. The lowest BCUT2D eigenvalue weighted by Crippen LogP contribution is -1.88. The normalized spacial score (nSPS) is 10.8. The topological polar surface area (TPSA) is 25.8 Å². The number of benzene rings is 1. The first-order valence-electron chi connectivity index (χ1n) is 5.22. The number of thioether (sulfide) groups is 2. The molecule has 96 valence electrons. The summed E-state index contributed by atoms with van der Waals surface area (Å²) in [7, 11) is 0. The van der Waals surface area contributed by atoms with Gasteiger partial charge in [0.2, 0.25) is 0 Å². The van der Waals surface area contributed by atoms with E-state index in [4.69, 9.17) is 11.6 Å². The van der Waals surface area contributed by atoms with Gasteiger partial charge in [0.1, 0.15) is 5.82 Å². The minimum atomic E-state index is -0.275. The molecule has 1 aromatic heterocycles. The van der Waals surface area contributed by atoms with Gasteiger partial charge in [0, 0.05) is 16.3 Å². The van der Waals surface area contributed by atoms with Crippen molar-refractivity contribution in [3.05, 3.63) is 34.6 Å². The Hall–Kier alpha value is -0.300. The van der Waals surface area contributed by atoms with Crippen LogP contribution in [0.3, 0.4) is 0 Å². The summed E-state index contributed by atoms with van der Waals surface area (Å²) in [4.78, 5) is 0. The van der Waals surface area contributed by atoms with Gasteiger partial charge in [0.25, 0.3) is 0 Å². The summed E-state index contributed by atoms with van der Waals surface area (Å²) in [5.74, 6) is 1.16. The first-order chi connectivity index (χ1) is 8.70. The lowest BCUT2D eigenvalue weighted by atomic mass is 10.2. The van der Waals surface area contributed by atoms with Crippen molar-refractivity contribution >= 4 is 46.5 Å². The quantitative estimate of drug-likeness (QED) is 0.743. The van der Waals surface area contributed by atoms with Crippen molar-refractivity contribution in [2.75, 3.05) is 5.75 Å². The fourth-order valence-corrected chi connectivity index (χ4v) is 4.50. The highest BCUT2D eigenvalue weighted by Gasteiger charge is 2.10. The molecule has 0 aliphatic heterocycles. The first-order valence-corrected chi connectivity index (χ1v) is 8.39. The van der Waals surface area contributed by atoms with Crippen molar-refractivity contribution in [2.24, 2.45) is 0 Å². The zero-order valence-corrected chi connectivity index (χ0v) is 12.7. The lowest BCUT2D eigenvalue weighted by Gasteiger charge is -2.03. The summed E-state index contributed by atoms with van der Waals surface area (Å²) >= 11 is 10.6. The monoisotopic (exact) mass is 320 g/mol. The van der Waals surface area contributed by atoms with Gasteiger partial charge in [0.05, 0.1) is 0 Å². The van der Waals surface area contributed by atoms with Crippen LogP contribution in [0.2, 0.25) is 5.02 Å². The largest absolute Gasteiger partial charge is 0.207 e. The number of rotatable bonds is 5. The standard InChI is InChI=1S/C11H10ClFN2S3/c1-2-16-10-14-15-11(18-10)17-6-7-8(12)4-3-5-9(7)13/h3-5H,2,6H2,1H3. The third kappa shape index (κ3) is 3.60. The Morgan fingerprint density at radius 3 is 2.67 bits per heavy atom.